The van der Waals surface area contributed by atoms with Crippen LogP contribution in [0.3, 0.4) is 0 Å². The van der Waals surface area contributed by atoms with E-state index in [1.165, 1.54) is 0 Å². The highest BCUT2D eigenvalue weighted by Gasteiger charge is 2.35. The molecule has 0 atom stereocenters. The van der Waals surface area contributed by atoms with E-state index in [0.29, 0.717) is 31.0 Å². The van der Waals surface area contributed by atoms with Crippen LogP contribution in [0.4, 0.5) is 0 Å². The van der Waals surface area contributed by atoms with Crippen LogP contribution < -0.4 is 11.1 Å². The maximum Gasteiger partial charge on any atom is 0.221 e. The van der Waals surface area contributed by atoms with Crippen molar-refractivity contribution in [2.45, 2.75) is 36.7 Å². The van der Waals surface area contributed by atoms with Gasteiger partial charge in [-0.25, -0.2) is 0 Å². The second-order valence-electron chi connectivity index (χ2n) is 9.03. The van der Waals surface area contributed by atoms with E-state index in [1.54, 1.807) is 53.3 Å². The molecule has 0 saturated heterocycles. The molecule has 0 aliphatic heterocycles. The van der Waals surface area contributed by atoms with E-state index < -0.39 is 39.6 Å². The summed E-state index contributed by atoms with van der Waals surface area (Å²) in [6.07, 6.45) is 1.92. The van der Waals surface area contributed by atoms with E-state index in [0.717, 1.165) is 0 Å². The Morgan fingerprint density at radius 2 is 1.06 bits per heavy atom. The van der Waals surface area contributed by atoms with Crippen molar-refractivity contribution in [3.63, 3.8) is 0 Å². The molecular formula is C18H41Cl3N2O6P4. The van der Waals surface area contributed by atoms with E-state index in [2.05, 4.69) is 5.32 Å². The normalized spacial score (nSPS) is 12.4. The van der Waals surface area contributed by atoms with Gasteiger partial charge < -0.3 is 29.3 Å². The van der Waals surface area contributed by atoms with Crippen LogP contribution in [0, 0.1) is 0 Å². The fourth-order valence-electron chi connectivity index (χ4n) is 2.30. The second kappa shape index (κ2) is 17.4. The van der Waals surface area contributed by atoms with Gasteiger partial charge in [-0.3, -0.25) is 9.59 Å². The molecule has 8 nitrogen and oxygen atoms in total. The molecule has 0 aromatic carbocycles. The summed E-state index contributed by atoms with van der Waals surface area (Å²) in [5, 5.41) is 2.30. The lowest BCUT2D eigenvalue weighted by molar-refractivity contribution is -0.121. The predicted molar refractivity (Wildman–Crippen MR) is 148 cm³/mol. The van der Waals surface area contributed by atoms with Gasteiger partial charge in [0, 0.05) is 24.6 Å². The lowest BCUT2D eigenvalue weighted by Crippen LogP contribution is -2.34. The van der Waals surface area contributed by atoms with E-state index in [4.69, 9.17) is 40.5 Å². The second-order valence-corrected chi connectivity index (χ2v) is 24.6. The third-order valence-corrected chi connectivity index (χ3v) is 16.3. The number of carbonyl (C=O) groups is 2. The van der Waals surface area contributed by atoms with Crippen LogP contribution in [-0.4, -0.2) is 87.3 Å². The molecule has 0 aliphatic rings. The monoisotopic (exact) mass is 610 g/mol. The van der Waals surface area contributed by atoms with Gasteiger partial charge in [-0.2, -0.15) is 0 Å². The molecule has 0 radical (unpaired) electrons. The summed E-state index contributed by atoms with van der Waals surface area (Å²) in [5.74, 6) is 0.682. The molecule has 0 spiro atoms. The zero-order chi connectivity index (χ0) is 27.3. The summed E-state index contributed by atoms with van der Waals surface area (Å²) in [6.45, 7) is 12.4. The molecule has 200 valence electrons. The van der Waals surface area contributed by atoms with Gasteiger partial charge in [0.15, 0.2) is 0 Å². The Labute approximate surface area is 214 Å². The molecule has 0 rings (SSSR count). The Hall–Kier alpha value is 0.890. The highest BCUT2D eigenvalue weighted by Crippen LogP contribution is 2.59. The minimum Gasteiger partial charge on any atom is -0.340 e. The minimum absolute atomic E-state index is 0.237. The van der Waals surface area contributed by atoms with Gasteiger partial charge in [0.2, 0.25) is 11.1 Å². The number of alkyl halides is 2. The lowest BCUT2D eigenvalue weighted by Gasteiger charge is -2.26. The topological polar surface area (TPSA) is 140 Å². The summed E-state index contributed by atoms with van der Waals surface area (Å²) in [7, 11) is -9.95. The number of carbonyl (C=O) groups excluding carboxylic acids is 2. The van der Waals surface area contributed by atoms with Crippen LogP contribution in [0.2, 0.25) is 0 Å². The molecule has 0 fully saturated rings. The van der Waals surface area contributed by atoms with Crippen molar-refractivity contribution in [1.29, 1.82) is 0 Å². The Balaban J connectivity index is -0.000000451. The highest BCUT2D eigenvalue weighted by atomic mass is 35.5. The zero-order valence-corrected chi connectivity index (χ0v) is 26.7. The van der Waals surface area contributed by atoms with Gasteiger partial charge in [-0.05, 0) is 77.8 Å². The van der Waals surface area contributed by atoms with Gasteiger partial charge >= 0.3 is 0 Å². The third kappa shape index (κ3) is 23.1. The summed E-state index contributed by atoms with van der Waals surface area (Å²) in [6, 6.07) is 0. The van der Waals surface area contributed by atoms with Crippen LogP contribution in [-0.2, 0) is 27.8 Å². The Morgan fingerprint density at radius 3 is 1.24 bits per heavy atom. The van der Waals surface area contributed by atoms with Crippen molar-refractivity contribution in [1.82, 2.24) is 5.32 Å². The summed E-state index contributed by atoms with van der Waals surface area (Å²) >= 11 is 15.7. The van der Waals surface area contributed by atoms with Gasteiger partial charge in [0.05, 0.1) is 0 Å². The summed E-state index contributed by atoms with van der Waals surface area (Å²) in [5.41, 5.74) is 4.16. The number of amides is 1. The van der Waals surface area contributed by atoms with Crippen molar-refractivity contribution >= 4 is 74.5 Å². The molecule has 0 bridgehead atoms. The molecule has 0 aromatic rings. The van der Waals surface area contributed by atoms with E-state index in [9.17, 15) is 27.8 Å². The highest BCUT2D eigenvalue weighted by molar-refractivity contribution is 7.80. The predicted octanol–water partition coefficient (Wildman–Crippen LogP) is 5.90. The first kappa shape index (κ1) is 38.4. The van der Waals surface area contributed by atoms with E-state index in [1.807, 2.05) is 0 Å². The van der Waals surface area contributed by atoms with Crippen molar-refractivity contribution in [2.24, 2.45) is 5.73 Å². The molecular weight excluding hydrogens is 570 g/mol. The molecule has 33 heavy (non-hydrogen) atoms. The third-order valence-electron chi connectivity index (χ3n) is 3.79. The maximum atomic E-state index is 12.0. The van der Waals surface area contributed by atoms with Crippen LogP contribution >= 0.6 is 63.4 Å². The molecule has 0 heterocycles. The van der Waals surface area contributed by atoms with Gasteiger partial charge in [-0.15, -0.1) is 23.2 Å². The van der Waals surface area contributed by atoms with Crippen LogP contribution in [0.5, 0.6) is 0 Å². The number of nitrogens with two attached hydrogens (primary N) is 1. The Kier molecular flexibility index (Phi) is 20.2. The molecule has 1 amide bonds. The minimum atomic E-state index is -2.61. The summed E-state index contributed by atoms with van der Waals surface area (Å²) < 4.78 is 46.4. The molecule has 15 heteroatoms. The first-order chi connectivity index (χ1) is 14.5. The average Bonchev–Trinajstić information content (AvgIpc) is 2.59. The van der Waals surface area contributed by atoms with E-state index >= 15 is 0 Å². The quantitative estimate of drug-likeness (QED) is 0.168. The van der Waals surface area contributed by atoms with Crippen molar-refractivity contribution in [2.75, 3.05) is 65.1 Å². The number of nitrogens with one attached hydrogen (secondary N) is 1. The molecule has 3 N–H and O–H groups in total. The van der Waals surface area contributed by atoms with Crippen molar-refractivity contribution in [3.8, 4) is 0 Å². The molecule has 0 unspecified atom stereocenters. The number of halogens is 3. The first-order valence-electron chi connectivity index (χ1n) is 10.1. The van der Waals surface area contributed by atoms with E-state index in [-0.39, 0.29) is 17.6 Å². The van der Waals surface area contributed by atoms with Crippen LogP contribution in [0.25, 0.3) is 0 Å². The maximum absolute atomic E-state index is 12.0. The SMILES string of the molecule is CP(C)(=O)C(N)P(C)(C)=O.CP(C)(=O)C(NC(=O)CCCCl)P(C)(C)=O.O=C(Cl)CCCCl. The smallest absolute Gasteiger partial charge is 0.221 e. The Bertz CT molecular complexity index is 744. The first-order valence-corrected chi connectivity index (χ1v) is 22.2. The number of rotatable bonds is 11. The lowest BCUT2D eigenvalue weighted by atomic mass is 10.3. The van der Waals surface area contributed by atoms with Gasteiger partial charge in [-0.1, -0.05) is 0 Å². The standard InChI is InChI=1S/C9H20ClNO3P2.C5H15NO2P2.C4H6Cl2O/c1-15(2,13)9(16(3,4)14)11-8(12)6-5-7-10;1-9(2,7)5(6)10(3,4)8;5-3-1-2-4(6)7/h9H,5-7H2,1-4H3,(H,11,12);5H,6H2,1-4H3;1-3H2. The number of hydrogen-bond donors (Lipinski definition) is 2. The van der Waals surface area contributed by atoms with Crippen LogP contribution in [0.1, 0.15) is 25.7 Å². The fourth-order valence-corrected chi connectivity index (χ4v) is 14.3. The largest absolute Gasteiger partial charge is 0.340 e. The summed E-state index contributed by atoms with van der Waals surface area (Å²) in [4.78, 5) is 21.4. The molecule has 0 aliphatic carbocycles. The van der Waals surface area contributed by atoms with Crippen molar-refractivity contribution in [3.05, 3.63) is 0 Å². The molecule has 0 aromatic heterocycles. The Morgan fingerprint density at radius 1 is 0.727 bits per heavy atom. The van der Waals surface area contributed by atoms with Crippen LogP contribution in [0.15, 0.2) is 0 Å². The number of hydrogen-bond acceptors (Lipinski definition) is 7. The average molecular weight is 612 g/mol. The van der Waals surface area contributed by atoms with Gasteiger partial charge in [0.1, 0.15) is 39.6 Å². The van der Waals surface area contributed by atoms with Gasteiger partial charge in [0.25, 0.3) is 0 Å². The fraction of sp³-hybridized carbons (Fsp3) is 0.889. The molecule has 0 saturated carbocycles. The van der Waals surface area contributed by atoms with Crippen molar-refractivity contribution < 1.29 is 27.8 Å². The zero-order valence-electron chi connectivity index (χ0n) is 20.8.